The number of hydrogen-bond acceptors (Lipinski definition) is 4. The van der Waals surface area contributed by atoms with Crippen LogP contribution in [0.4, 0.5) is 0 Å². The number of rotatable bonds is 8. The Balaban J connectivity index is 1.05. The molecule has 0 aliphatic heterocycles. The Morgan fingerprint density at radius 2 is 0.721 bits per heavy atom. The van der Waals surface area contributed by atoms with Gasteiger partial charge in [-0.2, -0.15) is 5.10 Å². The van der Waals surface area contributed by atoms with Crippen molar-refractivity contribution >= 4 is 16.3 Å². The molecule has 0 unspecified atom stereocenters. The first kappa shape index (κ1) is 35.8. The van der Waals surface area contributed by atoms with Crippen LogP contribution in [-0.2, 0) is 0 Å². The highest BCUT2D eigenvalue weighted by atomic mass is 15.2. The SMILES string of the molecule is c1ccc(-c2cccc(-c3nc(-c4ccccc4)nc(-c4ccc(-c5ccc6cc(-c7ccccc7)n7nc(-c8ccccc8)c(-c8ccccc8)c7c6c5)cc4)n3)c2)cc1. The number of pyridine rings is 1. The van der Waals surface area contributed by atoms with Crippen molar-refractivity contribution in [1.29, 1.82) is 0 Å². The molecule has 61 heavy (non-hydrogen) atoms. The first-order valence-corrected chi connectivity index (χ1v) is 20.5. The Bertz CT molecular complexity index is 3310. The molecule has 0 amide bonds. The van der Waals surface area contributed by atoms with Crippen LogP contribution in [0.25, 0.3) is 106 Å². The summed E-state index contributed by atoms with van der Waals surface area (Å²) in [7, 11) is 0. The average Bonchev–Trinajstić information content (AvgIpc) is 3.76. The highest BCUT2D eigenvalue weighted by Gasteiger charge is 2.22. The van der Waals surface area contributed by atoms with Crippen molar-refractivity contribution in [2.24, 2.45) is 0 Å². The van der Waals surface area contributed by atoms with Crippen molar-refractivity contribution in [3.05, 3.63) is 224 Å². The summed E-state index contributed by atoms with van der Waals surface area (Å²) in [5, 5.41) is 7.68. The minimum Gasteiger partial charge on any atom is -0.231 e. The van der Waals surface area contributed by atoms with Gasteiger partial charge < -0.3 is 0 Å². The summed E-state index contributed by atoms with van der Waals surface area (Å²) in [5.74, 6) is 1.88. The van der Waals surface area contributed by atoms with E-state index in [1.54, 1.807) is 0 Å². The Morgan fingerprint density at radius 3 is 1.34 bits per heavy atom. The van der Waals surface area contributed by atoms with E-state index in [1.807, 2.05) is 36.4 Å². The lowest BCUT2D eigenvalue weighted by Crippen LogP contribution is -2.00. The third-order valence-electron chi connectivity index (χ3n) is 11.3. The van der Waals surface area contributed by atoms with Crippen molar-refractivity contribution in [2.45, 2.75) is 0 Å². The molecule has 0 saturated carbocycles. The van der Waals surface area contributed by atoms with Crippen molar-refractivity contribution in [2.75, 3.05) is 0 Å². The number of benzene rings is 8. The Hall–Kier alpha value is -8.28. The lowest BCUT2D eigenvalue weighted by molar-refractivity contribution is 0.979. The predicted molar refractivity (Wildman–Crippen MR) is 250 cm³/mol. The van der Waals surface area contributed by atoms with Crippen LogP contribution in [-0.4, -0.2) is 24.6 Å². The summed E-state index contributed by atoms with van der Waals surface area (Å²) in [6.45, 7) is 0. The molecule has 11 rings (SSSR count). The molecular formula is C56H37N5. The van der Waals surface area contributed by atoms with Gasteiger partial charge in [0, 0.05) is 38.8 Å². The van der Waals surface area contributed by atoms with E-state index in [-0.39, 0.29) is 0 Å². The topological polar surface area (TPSA) is 56.0 Å². The van der Waals surface area contributed by atoms with E-state index in [2.05, 4.69) is 193 Å². The minimum atomic E-state index is 0.620. The van der Waals surface area contributed by atoms with Crippen LogP contribution in [0.15, 0.2) is 224 Å². The van der Waals surface area contributed by atoms with Gasteiger partial charge in [-0.05, 0) is 51.4 Å². The number of aromatic nitrogens is 5. The maximum Gasteiger partial charge on any atom is 0.164 e. The lowest BCUT2D eigenvalue weighted by atomic mass is 9.95. The summed E-state index contributed by atoms with van der Waals surface area (Å²) in [5.41, 5.74) is 14.7. The third-order valence-corrected chi connectivity index (χ3v) is 11.3. The van der Waals surface area contributed by atoms with Gasteiger partial charge in [0.1, 0.15) is 5.69 Å². The van der Waals surface area contributed by atoms with E-state index in [0.29, 0.717) is 17.5 Å². The molecule has 0 radical (unpaired) electrons. The Morgan fingerprint density at radius 1 is 0.295 bits per heavy atom. The van der Waals surface area contributed by atoms with Crippen LogP contribution in [0, 0.1) is 0 Å². The van der Waals surface area contributed by atoms with Gasteiger partial charge >= 0.3 is 0 Å². The fourth-order valence-electron chi connectivity index (χ4n) is 8.24. The summed E-state index contributed by atoms with van der Waals surface area (Å²) in [6, 6.07) is 78.2. The van der Waals surface area contributed by atoms with Crippen LogP contribution in [0.3, 0.4) is 0 Å². The zero-order valence-corrected chi connectivity index (χ0v) is 33.1. The van der Waals surface area contributed by atoms with Crippen LogP contribution < -0.4 is 0 Å². The molecule has 286 valence electrons. The molecule has 0 N–H and O–H groups in total. The molecule has 0 fully saturated rings. The molecule has 3 heterocycles. The van der Waals surface area contributed by atoms with Crippen molar-refractivity contribution in [3.63, 3.8) is 0 Å². The number of nitrogens with zero attached hydrogens (tertiary/aromatic N) is 5. The second kappa shape index (κ2) is 15.5. The van der Waals surface area contributed by atoms with Gasteiger partial charge in [-0.3, -0.25) is 0 Å². The lowest BCUT2D eigenvalue weighted by Gasteiger charge is -2.13. The van der Waals surface area contributed by atoms with Gasteiger partial charge in [0.2, 0.25) is 0 Å². The summed E-state index contributed by atoms with van der Waals surface area (Å²) < 4.78 is 2.15. The highest BCUT2D eigenvalue weighted by molar-refractivity contribution is 6.09. The van der Waals surface area contributed by atoms with Gasteiger partial charge in [-0.1, -0.05) is 206 Å². The molecule has 0 atom stereocenters. The van der Waals surface area contributed by atoms with Crippen molar-refractivity contribution < 1.29 is 0 Å². The van der Waals surface area contributed by atoms with Gasteiger partial charge in [0.25, 0.3) is 0 Å². The average molecular weight is 780 g/mol. The standard InChI is InChI=1S/C56H37N5/c1-6-17-38(18-7-1)45-27-16-28-48(35-45)56-58-54(43-25-14-5-15-26-43)57-55(59-56)44-31-29-39(30-32-44)46-33-34-47-37-50(40-19-8-2-9-20-40)61-53(49(47)36-46)51(41-21-10-3-11-22-41)52(60-61)42-23-12-4-13-24-42/h1-37H. The fourth-order valence-corrected chi connectivity index (χ4v) is 8.24. The van der Waals surface area contributed by atoms with Gasteiger partial charge in [-0.25, -0.2) is 19.5 Å². The first-order chi connectivity index (χ1) is 30.2. The molecule has 0 saturated heterocycles. The molecule has 3 aromatic heterocycles. The molecule has 8 aromatic carbocycles. The quantitative estimate of drug-likeness (QED) is 0.154. The second-order valence-corrected chi connectivity index (χ2v) is 15.1. The van der Waals surface area contributed by atoms with Crippen molar-refractivity contribution in [1.82, 2.24) is 24.6 Å². The van der Waals surface area contributed by atoms with E-state index in [0.717, 1.165) is 88.9 Å². The smallest absolute Gasteiger partial charge is 0.164 e. The second-order valence-electron chi connectivity index (χ2n) is 15.1. The van der Waals surface area contributed by atoms with E-state index < -0.39 is 0 Å². The first-order valence-electron chi connectivity index (χ1n) is 20.5. The predicted octanol–water partition coefficient (Wildman–Crippen LogP) is 14.0. The zero-order chi connectivity index (χ0) is 40.5. The zero-order valence-electron chi connectivity index (χ0n) is 33.1. The summed E-state index contributed by atoms with van der Waals surface area (Å²) >= 11 is 0. The van der Waals surface area contributed by atoms with E-state index >= 15 is 0 Å². The summed E-state index contributed by atoms with van der Waals surface area (Å²) in [4.78, 5) is 15.1. The fraction of sp³-hybridized carbons (Fsp3) is 0. The molecule has 11 aromatic rings. The van der Waals surface area contributed by atoms with Gasteiger partial charge in [0.15, 0.2) is 17.5 Å². The van der Waals surface area contributed by atoms with Gasteiger partial charge in [-0.15, -0.1) is 0 Å². The maximum absolute atomic E-state index is 5.41. The van der Waals surface area contributed by atoms with Crippen LogP contribution in [0.2, 0.25) is 0 Å². The molecule has 0 aliphatic carbocycles. The normalized spacial score (nSPS) is 11.3. The molecule has 5 nitrogen and oxygen atoms in total. The Labute approximate surface area is 354 Å². The number of hydrogen-bond donors (Lipinski definition) is 0. The van der Waals surface area contributed by atoms with E-state index in [4.69, 9.17) is 20.1 Å². The molecule has 5 heteroatoms. The van der Waals surface area contributed by atoms with Crippen LogP contribution in [0.5, 0.6) is 0 Å². The van der Waals surface area contributed by atoms with E-state index in [1.165, 1.54) is 0 Å². The number of fused-ring (bicyclic) bond motifs is 3. The van der Waals surface area contributed by atoms with Crippen LogP contribution in [0.1, 0.15) is 0 Å². The molecular weight excluding hydrogens is 743 g/mol. The third kappa shape index (κ3) is 6.84. The molecule has 0 bridgehead atoms. The maximum atomic E-state index is 5.41. The molecule has 0 spiro atoms. The highest BCUT2D eigenvalue weighted by Crippen LogP contribution is 2.42. The summed E-state index contributed by atoms with van der Waals surface area (Å²) in [6.07, 6.45) is 0. The monoisotopic (exact) mass is 779 g/mol. The van der Waals surface area contributed by atoms with Crippen LogP contribution >= 0.6 is 0 Å². The largest absolute Gasteiger partial charge is 0.231 e. The van der Waals surface area contributed by atoms with Gasteiger partial charge in [0.05, 0.1) is 11.2 Å². The van der Waals surface area contributed by atoms with Crippen molar-refractivity contribution in [3.8, 4) is 90.1 Å². The molecule has 0 aliphatic rings. The minimum absolute atomic E-state index is 0.620. The Kier molecular flexibility index (Phi) is 9.10. The van der Waals surface area contributed by atoms with E-state index in [9.17, 15) is 0 Å².